The summed E-state index contributed by atoms with van der Waals surface area (Å²) in [6.07, 6.45) is 16.8. The molecular formula is C59H48N4OPt-2. The summed E-state index contributed by atoms with van der Waals surface area (Å²) in [6, 6.07) is 36.3. The maximum absolute atomic E-state index is 9.03. The second-order valence-corrected chi connectivity index (χ2v) is 17.1. The first-order valence-corrected chi connectivity index (χ1v) is 22.2. The SMILES string of the molecule is [2H]c1c([2H])c([2H])c(-c2cccc(-c3c([2H])c([2H])c([2H])c([2H])c3[2H])c2-[n+]2[c-]n(-c3[c-]c(Oc4[c-]c5c(cc4)c4ccccc4n5-c4cc(C56CCCC(CCC5)CCC6)ccn4)ccc3)c3ccccc32)c([2H])c1[2H].[Pt]. The van der Waals surface area contributed by atoms with Crippen LogP contribution in [0.4, 0.5) is 0 Å². The molecule has 7 aromatic carbocycles. The van der Waals surface area contributed by atoms with Gasteiger partial charge in [-0.2, -0.15) is 18.2 Å². The number of fused-ring (bicyclic) bond motifs is 10. The van der Waals surface area contributed by atoms with Crippen molar-refractivity contribution in [1.82, 2.24) is 14.1 Å². The largest absolute Gasteiger partial charge is 0.510 e. The van der Waals surface area contributed by atoms with Gasteiger partial charge in [-0.25, -0.2) is 4.98 Å². The van der Waals surface area contributed by atoms with E-state index in [0.717, 1.165) is 33.5 Å². The quantitative estimate of drug-likeness (QED) is 0.112. The summed E-state index contributed by atoms with van der Waals surface area (Å²) >= 11 is 0. The van der Waals surface area contributed by atoms with Gasteiger partial charge in [-0.1, -0.05) is 165 Å². The zero-order valence-electron chi connectivity index (χ0n) is 45.4. The fraction of sp³-hybridized carbons (Fsp3) is 0.186. The van der Waals surface area contributed by atoms with Crippen molar-refractivity contribution in [2.24, 2.45) is 5.92 Å². The molecule has 3 heterocycles. The summed E-state index contributed by atoms with van der Waals surface area (Å²) in [7, 11) is 0. The van der Waals surface area contributed by atoms with E-state index in [1.807, 2.05) is 54.7 Å². The Morgan fingerprint density at radius 3 is 2.02 bits per heavy atom. The van der Waals surface area contributed by atoms with Crippen LogP contribution in [0.2, 0.25) is 0 Å². The van der Waals surface area contributed by atoms with Crippen LogP contribution in [0.15, 0.2) is 176 Å². The van der Waals surface area contributed by atoms with Crippen LogP contribution in [-0.2, 0) is 26.5 Å². The molecule has 0 spiro atoms. The molecular weight excluding hydrogens is 976 g/mol. The van der Waals surface area contributed by atoms with Crippen molar-refractivity contribution in [3.8, 4) is 50.9 Å². The summed E-state index contributed by atoms with van der Waals surface area (Å²) < 4.78 is 99.4. The van der Waals surface area contributed by atoms with Gasteiger partial charge >= 0.3 is 0 Å². The molecule has 322 valence electrons. The number of ether oxygens (including phenoxy) is 1. The van der Waals surface area contributed by atoms with Gasteiger partial charge in [0.15, 0.2) is 0 Å². The van der Waals surface area contributed by atoms with E-state index < -0.39 is 60.4 Å². The number of pyridine rings is 1. The monoisotopic (exact) mass is 1030 g/mol. The molecule has 0 saturated heterocycles. The van der Waals surface area contributed by atoms with Gasteiger partial charge in [0.1, 0.15) is 5.82 Å². The predicted octanol–water partition coefficient (Wildman–Crippen LogP) is 14.3. The molecule has 3 aliphatic rings. The first kappa shape index (κ1) is 31.3. The molecule has 0 unspecified atom stereocenters. The second-order valence-electron chi connectivity index (χ2n) is 17.1. The third-order valence-electron chi connectivity index (χ3n) is 13.5. The van der Waals surface area contributed by atoms with Crippen molar-refractivity contribution in [3.05, 3.63) is 200 Å². The molecule has 3 aromatic heterocycles. The van der Waals surface area contributed by atoms with Gasteiger partial charge in [0.2, 0.25) is 0 Å². The predicted molar refractivity (Wildman–Crippen MR) is 258 cm³/mol. The van der Waals surface area contributed by atoms with E-state index in [9.17, 15) is 0 Å². The molecule has 6 heteroatoms. The molecule has 0 amide bonds. The molecule has 0 aliphatic heterocycles. The fourth-order valence-electron chi connectivity index (χ4n) is 10.6. The smallest absolute Gasteiger partial charge is 0.268 e. The Bertz CT molecular complexity index is 3760. The zero-order valence-corrected chi connectivity index (χ0v) is 37.7. The fourth-order valence-corrected chi connectivity index (χ4v) is 10.6. The molecule has 3 saturated carbocycles. The Labute approximate surface area is 409 Å². The van der Waals surface area contributed by atoms with E-state index in [1.165, 1.54) is 63.4 Å². The number of rotatable bonds is 8. The second kappa shape index (κ2) is 17.4. The number of para-hydroxylation sites is 4. The van der Waals surface area contributed by atoms with Gasteiger partial charge in [-0.3, -0.25) is 4.57 Å². The third kappa shape index (κ3) is 7.50. The van der Waals surface area contributed by atoms with E-state index in [1.54, 1.807) is 33.4 Å². The maximum atomic E-state index is 9.03. The molecule has 2 bridgehead atoms. The average Bonchev–Trinajstić information content (AvgIpc) is 3.96. The van der Waals surface area contributed by atoms with Crippen LogP contribution in [0.5, 0.6) is 11.5 Å². The third-order valence-corrected chi connectivity index (χ3v) is 13.5. The van der Waals surface area contributed by atoms with Gasteiger partial charge in [0.05, 0.1) is 30.4 Å². The molecule has 0 atom stereocenters. The molecule has 0 N–H and O–H groups in total. The minimum absolute atomic E-state index is 0. The summed E-state index contributed by atoms with van der Waals surface area (Å²) in [5, 5.41) is 2.10. The molecule has 13 rings (SSSR count). The van der Waals surface area contributed by atoms with Gasteiger partial charge in [-0.15, -0.1) is 29.7 Å². The van der Waals surface area contributed by atoms with E-state index in [4.69, 9.17) is 23.4 Å². The van der Waals surface area contributed by atoms with Crippen LogP contribution >= 0.6 is 0 Å². The Hall–Kier alpha value is -6.55. The van der Waals surface area contributed by atoms with Crippen molar-refractivity contribution in [2.45, 2.75) is 63.2 Å². The number of hydrogen-bond acceptors (Lipinski definition) is 2. The number of benzene rings is 7. The van der Waals surface area contributed by atoms with Gasteiger partial charge < -0.3 is 13.9 Å². The van der Waals surface area contributed by atoms with E-state index in [2.05, 4.69) is 59.4 Å². The van der Waals surface area contributed by atoms with E-state index >= 15 is 0 Å². The molecule has 65 heavy (non-hydrogen) atoms. The van der Waals surface area contributed by atoms with Gasteiger partial charge in [0, 0.05) is 44.3 Å². The molecule has 10 aromatic rings. The minimum Gasteiger partial charge on any atom is -0.510 e. The number of nitrogens with zero attached hydrogens (tertiary/aromatic N) is 4. The standard InChI is InChI=1S/C59H48N4O.Pt/c1-3-19-43(20-4-1)49-26-12-27-50(44-21-5-2-6-22-44)58(49)62-41-61(54-29-9-10-30-55(54)62)46-23-11-24-47(39-46)64-48-31-32-52-51-25-7-8-28-53(51)63(56(52)40-48)57-38-45(33-37-60-57)59-34-13-16-42(17-14-35-59)18-15-36-59;/h1-12,19-33,37-38,42H,13-18,34-36H2;/q-2;/i1D,2D,3D,4D,5D,6D,19D,20D,21D,22D;. The van der Waals surface area contributed by atoms with E-state index in [0.29, 0.717) is 28.2 Å². The molecule has 5 nitrogen and oxygen atoms in total. The molecule has 3 fully saturated rings. The van der Waals surface area contributed by atoms with Crippen molar-refractivity contribution in [1.29, 1.82) is 0 Å². The maximum Gasteiger partial charge on any atom is 0.268 e. The normalized spacial score (nSPS) is 19.5. The van der Waals surface area contributed by atoms with Crippen molar-refractivity contribution in [2.75, 3.05) is 0 Å². The molecule has 0 radical (unpaired) electrons. The minimum atomic E-state index is -0.566. The molecule has 3 aliphatic carbocycles. The summed E-state index contributed by atoms with van der Waals surface area (Å²) in [5.74, 6) is 2.57. The summed E-state index contributed by atoms with van der Waals surface area (Å²) in [4.78, 5) is 5.01. The van der Waals surface area contributed by atoms with Crippen molar-refractivity contribution >= 4 is 32.8 Å². The Morgan fingerprint density at radius 2 is 1.29 bits per heavy atom. The Kier molecular flexibility index (Phi) is 8.41. The van der Waals surface area contributed by atoms with Crippen molar-refractivity contribution in [3.63, 3.8) is 0 Å². The van der Waals surface area contributed by atoms with Gasteiger partial charge in [-0.05, 0) is 87.7 Å². The number of hydrogen-bond donors (Lipinski definition) is 0. The van der Waals surface area contributed by atoms with Crippen LogP contribution < -0.4 is 9.30 Å². The van der Waals surface area contributed by atoms with Crippen LogP contribution in [0, 0.1) is 24.4 Å². The van der Waals surface area contributed by atoms with Gasteiger partial charge in [0.25, 0.3) is 6.33 Å². The zero-order chi connectivity index (χ0) is 51.2. The summed E-state index contributed by atoms with van der Waals surface area (Å²) in [5.41, 5.74) is 5.27. The Morgan fingerprint density at radius 1 is 0.646 bits per heavy atom. The van der Waals surface area contributed by atoms with Crippen LogP contribution in [0.1, 0.15) is 77.1 Å². The van der Waals surface area contributed by atoms with Crippen molar-refractivity contribution < 1.29 is 44.1 Å². The van der Waals surface area contributed by atoms with Crippen LogP contribution in [0.25, 0.3) is 72.3 Å². The Balaban J connectivity index is 0.00000602. The topological polar surface area (TPSA) is 35.9 Å². The number of imidazole rings is 1. The summed E-state index contributed by atoms with van der Waals surface area (Å²) in [6.45, 7) is 0. The first-order valence-electron chi connectivity index (χ1n) is 27.2. The average molecular weight is 1030 g/mol. The first-order chi connectivity index (χ1) is 35.8. The van der Waals surface area contributed by atoms with Crippen LogP contribution in [-0.4, -0.2) is 14.1 Å². The number of aromatic nitrogens is 4. The van der Waals surface area contributed by atoms with Crippen LogP contribution in [0.3, 0.4) is 0 Å². The van der Waals surface area contributed by atoms with E-state index in [-0.39, 0.29) is 54.4 Å².